The molecule has 1 saturated heterocycles. The molecule has 0 aliphatic carbocycles. The highest BCUT2D eigenvalue weighted by atomic mass is 16.2. The van der Waals surface area contributed by atoms with Crippen LogP contribution in [0.25, 0.3) is 0 Å². The lowest BCUT2D eigenvalue weighted by Gasteiger charge is -2.29. The van der Waals surface area contributed by atoms with Crippen LogP contribution in [0.4, 0.5) is 0 Å². The molecule has 1 aromatic carbocycles. The number of nitrogens with one attached hydrogen (secondary N) is 2. The molecule has 0 radical (unpaired) electrons. The van der Waals surface area contributed by atoms with Crippen molar-refractivity contribution in [3.63, 3.8) is 0 Å². The average molecular weight is 274 g/mol. The van der Waals surface area contributed by atoms with Crippen LogP contribution in [0.1, 0.15) is 56.7 Å². The van der Waals surface area contributed by atoms with Crippen molar-refractivity contribution in [2.75, 3.05) is 6.54 Å². The summed E-state index contributed by atoms with van der Waals surface area (Å²) >= 11 is 0. The fourth-order valence-corrected chi connectivity index (χ4v) is 3.03. The third-order valence-electron chi connectivity index (χ3n) is 4.28. The van der Waals surface area contributed by atoms with Gasteiger partial charge in [-0.15, -0.1) is 0 Å². The molecule has 1 aliphatic heterocycles. The lowest BCUT2D eigenvalue weighted by molar-refractivity contribution is -0.128. The molecule has 1 aromatic rings. The van der Waals surface area contributed by atoms with Gasteiger partial charge in [0.2, 0.25) is 5.91 Å². The summed E-state index contributed by atoms with van der Waals surface area (Å²) in [5.74, 6) is 0.157. The highest BCUT2D eigenvalue weighted by molar-refractivity contribution is 5.87. The molecule has 20 heavy (non-hydrogen) atoms. The van der Waals surface area contributed by atoms with Crippen LogP contribution >= 0.6 is 0 Å². The molecule has 0 spiro atoms. The zero-order chi connectivity index (χ0) is 14.6. The summed E-state index contributed by atoms with van der Waals surface area (Å²) < 4.78 is 0. The Balaban J connectivity index is 2.04. The molecule has 0 aromatic heterocycles. The minimum atomic E-state index is -0.340. The van der Waals surface area contributed by atoms with Crippen molar-refractivity contribution in [2.24, 2.45) is 0 Å². The maximum atomic E-state index is 12.6. The molecule has 2 rings (SSSR count). The van der Waals surface area contributed by atoms with Crippen LogP contribution < -0.4 is 10.6 Å². The fraction of sp³-hybridized carbons (Fsp3) is 0.588. The van der Waals surface area contributed by atoms with Crippen molar-refractivity contribution in [1.82, 2.24) is 10.6 Å². The maximum absolute atomic E-state index is 12.6. The van der Waals surface area contributed by atoms with Gasteiger partial charge in [-0.1, -0.05) is 43.2 Å². The monoisotopic (exact) mass is 274 g/mol. The van der Waals surface area contributed by atoms with E-state index in [9.17, 15) is 4.79 Å². The summed E-state index contributed by atoms with van der Waals surface area (Å²) in [5, 5.41) is 6.61. The Morgan fingerprint density at radius 3 is 2.65 bits per heavy atom. The van der Waals surface area contributed by atoms with E-state index in [1.165, 1.54) is 5.56 Å². The topological polar surface area (TPSA) is 41.1 Å². The highest BCUT2D eigenvalue weighted by Gasteiger charge is 2.40. The standard InChI is InChI=1S/C17H26N2O/c1-4-10-17(11-5-12-18-17)16(20)19-14(3)15-8-6-13(2)7-9-15/h6-9,14,18H,4-5,10-12H2,1-3H3,(H,19,20)/t14-,17?/m1/s1. The number of aryl methyl sites for hydroxylation is 1. The van der Waals surface area contributed by atoms with E-state index in [-0.39, 0.29) is 17.5 Å². The van der Waals surface area contributed by atoms with Gasteiger partial charge in [-0.05, 0) is 45.2 Å². The van der Waals surface area contributed by atoms with Gasteiger partial charge in [0.15, 0.2) is 0 Å². The van der Waals surface area contributed by atoms with Gasteiger partial charge in [-0.25, -0.2) is 0 Å². The van der Waals surface area contributed by atoms with Gasteiger partial charge in [0.05, 0.1) is 11.6 Å². The van der Waals surface area contributed by atoms with E-state index >= 15 is 0 Å². The molecule has 1 heterocycles. The summed E-state index contributed by atoms with van der Waals surface area (Å²) in [7, 11) is 0. The van der Waals surface area contributed by atoms with Gasteiger partial charge < -0.3 is 10.6 Å². The van der Waals surface area contributed by atoms with E-state index in [0.29, 0.717) is 0 Å². The SMILES string of the molecule is CCCC1(C(=O)N[C@H](C)c2ccc(C)cc2)CCCN1. The van der Waals surface area contributed by atoms with Crippen molar-refractivity contribution in [3.8, 4) is 0 Å². The van der Waals surface area contributed by atoms with Gasteiger partial charge in [0.1, 0.15) is 0 Å². The number of rotatable bonds is 5. The highest BCUT2D eigenvalue weighted by Crippen LogP contribution is 2.26. The Bertz CT molecular complexity index is 447. The maximum Gasteiger partial charge on any atom is 0.240 e. The van der Waals surface area contributed by atoms with Crippen LogP contribution in [-0.4, -0.2) is 18.0 Å². The van der Waals surface area contributed by atoms with Crippen LogP contribution in [0, 0.1) is 6.92 Å². The predicted molar refractivity (Wildman–Crippen MR) is 82.6 cm³/mol. The minimum Gasteiger partial charge on any atom is -0.348 e. The summed E-state index contributed by atoms with van der Waals surface area (Å²) in [5.41, 5.74) is 2.06. The number of hydrogen-bond acceptors (Lipinski definition) is 2. The molecule has 0 bridgehead atoms. The largest absolute Gasteiger partial charge is 0.348 e. The van der Waals surface area contributed by atoms with Gasteiger partial charge in [-0.3, -0.25) is 4.79 Å². The second kappa shape index (κ2) is 6.40. The second-order valence-corrected chi connectivity index (χ2v) is 5.97. The van der Waals surface area contributed by atoms with Crippen LogP contribution in [0.2, 0.25) is 0 Å². The van der Waals surface area contributed by atoms with E-state index in [0.717, 1.165) is 37.8 Å². The number of carbonyl (C=O) groups excluding carboxylic acids is 1. The van der Waals surface area contributed by atoms with Crippen molar-refractivity contribution >= 4 is 5.91 Å². The minimum absolute atomic E-state index is 0.0548. The number of benzene rings is 1. The zero-order valence-electron chi connectivity index (χ0n) is 12.8. The molecular formula is C17H26N2O. The van der Waals surface area contributed by atoms with Crippen LogP contribution in [-0.2, 0) is 4.79 Å². The van der Waals surface area contributed by atoms with E-state index in [4.69, 9.17) is 0 Å². The van der Waals surface area contributed by atoms with Crippen LogP contribution in [0.5, 0.6) is 0 Å². The molecule has 1 unspecified atom stereocenters. The third kappa shape index (κ3) is 3.21. The average Bonchev–Trinajstić information content (AvgIpc) is 2.89. The Kier molecular flexibility index (Phi) is 4.81. The van der Waals surface area contributed by atoms with Gasteiger partial charge in [0, 0.05) is 0 Å². The van der Waals surface area contributed by atoms with Crippen molar-refractivity contribution in [2.45, 2.75) is 58.0 Å². The number of amides is 1. The van der Waals surface area contributed by atoms with Crippen LogP contribution in [0.15, 0.2) is 24.3 Å². The smallest absolute Gasteiger partial charge is 0.240 e. The van der Waals surface area contributed by atoms with Gasteiger partial charge >= 0.3 is 0 Å². The van der Waals surface area contributed by atoms with E-state index in [2.05, 4.69) is 55.7 Å². The molecule has 3 nitrogen and oxygen atoms in total. The Morgan fingerprint density at radius 1 is 1.40 bits per heavy atom. The molecule has 1 aliphatic rings. The lowest BCUT2D eigenvalue weighted by Crippen LogP contribution is -2.53. The molecule has 1 amide bonds. The third-order valence-corrected chi connectivity index (χ3v) is 4.28. The lowest BCUT2D eigenvalue weighted by atomic mass is 9.90. The molecule has 110 valence electrons. The van der Waals surface area contributed by atoms with Crippen molar-refractivity contribution in [1.29, 1.82) is 0 Å². The molecule has 3 heteroatoms. The summed E-state index contributed by atoms with van der Waals surface area (Å²) in [6, 6.07) is 8.42. The van der Waals surface area contributed by atoms with Crippen molar-refractivity contribution < 1.29 is 4.79 Å². The molecule has 1 fully saturated rings. The Hall–Kier alpha value is -1.35. The summed E-state index contributed by atoms with van der Waals surface area (Å²) in [6.07, 6.45) is 3.98. The van der Waals surface area contributed by atoms with Crippen LogP contribution in [0.3, 0.4) is 0 Å². The van der Waals surface area contributed by atoms with E-state index < -0.39 is 0 Å². The fourth-order valence-electron chi connectivity index (χ4n) is 3.03. The number of carbonyl (C=O) groups is 1. The van der Waals surface area contributed by atoms with Gasteiger partial charge in [-0.2, -0.15) is 0 Å². The van der Waals surface area contributed by atoms with Gasteiger partial charge in [0.25, 0.3) is 0 Å². The Labute approximate surface area is 122 Å². The van der Waals surface area contributed by atoms with E-state index in [1.807, 2.05) is 0 Å². The molecular weight excluding hydrogens is 248 g/mol. The first-order valence-corrected chi connectivity index (χ1v) is 7.70. The first kappa shape index (κ1) is 15.0. The predicted octanol–water partition coefficient (Wildman–Crippen LogP) is 3.09. The summed E-state index contributed by atoms with van der Waals surface area (Å²) in [6.45, 7) is 7.22. The molecule has 2 N–H and O–H groups in total. The second-order valence-electron chi connectivity index (χ2n) is 5.97. The number of hydrogen-bond donors (Lipinski definition) is 2. The van der Waals surface area contributed by atoms with E-state index in [1.54, 1.807) is 0 Å². The first-order chi connectivity index (χ1) is 9.57. The summed E-state index contributed by atoms with van der Waals surface area (Å²) in [4.78, 5) is 12.6. The quantitative estimate of drug-likeness (QED) is 0.866. The normalized spacial score (nSPS) is 23.6. The molecule has 0 saturated carbocycles. The first-order valence-electron chi connectivity index (χ1n) is 7.70. The zero-order valence-corrected chi connectivity index (χ0v) is 12.8. The molecule has 2 atom stereocenters. The van der Waals surface area contributed by atoms with Crippen molar-refractivity contribution in [3.05, 3.63) is 35.4 Å². The Morgan fingerprint density at radius 2 is 2.10 bits per heavy atom.